The van der Waals surface area contributed by atoms with E-state index in [4.69, 9.17) is 18.9 Å². The molecule has 0 rings (SSSR count). The van der Waals surface area contributed by atoms with Crippen molar-refractivity contribution in [3.63, 3.8) is 0 Å². The van der Waals surface area contributed by atoms with Crippen LogP contribution in [0.25, 0.3) is 0 Å². The molecule has 0 aliphatic carbocycles. The predicted octanol–water partition coefficient (Wildman–Crippen LogP) is 12.5. The Bertz CT molecular complexity index is 1370. The van der Waals surface area contributed by atoms with Crippen LogP contribution in [-0.4, -0.2) is 82.3 Å². The summed E-state index contributed by atoms with van der Waals surface area (Å²) in [5, 5.41) is 11.7. The van der Waals surface area contributed by atoms with Gasteiger partial charge in [0, 0.05) is 12.8 Å². The van der Waals surface area contributed by atoms with Crippen LogP contribution in [0, 0.1) is 0 Å². The molecule has 0 aromatic heterocycles. The molecule has 0 saturated heterocycles. The van der Waals surface area contributed by atoms with E-state index >= 15 is 0 Å². The Labute approximate surface area is 391 Å². The molecule has 0 aliphatic rings. The second-order valence-corrected chi connectivity index (χ2v) is 17.4. The second-order valence-electron chi connectivity index (χ2n) is 17.4. The van der Waals surface area contributed by atoms with Gasteiger partial charge in [-0.3, -0.25) is 9.59 Å². The highest BCUT2D eigenvalue weighted by atomic mass is 16.7. The summed E-state index contributed by atoms with van der Waals surface area (Å²) in [5.41, 5.74) is 0. The van der Waals surface area contributed by atoms with E-state index in [1.807, 2.05) is 21.1 Å². The van der Waals surface area contributed by atoms with Crippen LogP contribution in [0.4, 0.5) is 0 Å². The summed E-state index contributed by atoms with van der Waals surface area (Å²) in [5.74, 6) is -2.37. The summed E-state index contributed by atoms with van der Waals surface area (Å²) >= 11 is 0. The van der Waals surface area contributed by atoms with Gasteiger partial charge >= 0.3 is 11.9 Å². The molecule has 64 heavy (non-hydrogen) atoms. The van der Waals surface area contributed by atoms with Crippen molar-refractivity contribution in [3.05, 3.63) is 97.2 Å². The minimum absolute atomic E-state index is 0.132. The number of ether oxygens (including phenoxy) is 4. The second kappa shape index (κ2) is 45.8. The number of likely N-dealkylation sites (N-methyl/N-ethyl adjacent to an activating group) is 1. The number of carboxylic acids is 1. The molecule has 0 aliphatic heterocycles. The van der Waals surface area contributed by atoms with Crippen LogP contribution in [0.2, 0.25) is 0 Å². The Hall–Kier alpha value is -3.79. The summed E-state index contributed by atoms with van der Waals surface area (Å²) < 4.78 is 22.5. The highest BCUT2D eigenvalue weighted by molar-refractivity contribution is 5.70. The lowest BCUT2D eigenvalue weighted by atomic mass is 10.1. The number of carbonyl (C=O) groups excluding carboxylic acids is 3. The van der Waals surface area contributed by atoms with E-state index in [9.17, 15) is 19.5 Å². The normalized spacial score (nSPS) is 13.7. The van der Waals surface area contributed by atoms with Gasteiger partial charge in [0.15, 0.2) is 12.4 Å². The zero-order valence-electron chi connectivity index (χ0n) is 41.1. The number of carboxylic acid groups (broad SMARTS) is 1. The number of hydrogen-bond donors (Lipinski definition) is 0. The van der Waals surface area contributed by atoms with Crippen LogP contribution in [0.15, 0.2) is 97.2 Å². The average Bonchev–Trinajstić information content (AvgIpc) is 3.26. The number of esters is 2. The Morgan fingerprint density at radius 2 is 0.891 bits per heavy atom. The van der Waals surface area contributed by atoms with Crippen molar-refractivity contribution in [2.45, 2.75) is 187 Å². The molecule has 0 amide bonds. The van der Waals surface area contributed by atoms with Crippen molar-refractivity contribution in [3.8, 4) is 0 Å². The van der Waals surface area contributed by atoms with Gasteiger partial charge in [-0.2, -0.15) is 0 Å². The lowest BCUT2D eigenvalue weighted by Crippen LogP contribution is -2.44. The number of carbonyl (C=O) groups is 3. The number of rotatable bonds is 44. The van der Waals surface area contributed by atoms with Crippen LogP contribution < -0.4 is 5.11 Å². The van der Waals surface area contributed by atoms with Crippen molar-refractivity contribution in [1.29, 1.82) is 0 Å². The molecule has 2 atom stereocenters. The third-order valence-corrected chi connectivity index (χ3v) is 10.1. The molecular formula is C55H91NO8. The largest absolute Gasteiger partial charge is 0.545 e. The minimum atomic E-state index is -1.64. The molecule has 0 spiro atoms. The van der Waals surface area contributed by atoms with E-state index in [2.05, 4.69) is 111 Å². The molecule has 2 unspecified atom stereocenters. The van der Waals surface area contributed by atoms with Gasteiger partial charge in [0.2, 0.25) is 0 Å². The van der Waals surface area contributed by atoms with Gasteiger partial charge in [-0.15, -0.1) is 0 Å². The van der Waals surface area contributed by atoms with Gasteiger partial charge in [-0.1, -0.05) is 162 Å². The third kappa shape index (κ3) is 46.2. The minimum Gasteiger partial charge on any atom is -0.545 e. The maximum Gasteiger partial charge on any atom is 0.306 e. The van der Waals surface area contributed by atoms with Crippen LogP contribution in [0.1, 0.15) is 174 Å². The van der Waals surface area contributed by atoms with Crippen LogP contribution >= 0.6 is 0 Å². The fraction of sp³-hybridized carbons (Fsp3) is 0.655. The predicted molar refractivity (Wildman–Crippen MR) is 264 cm³/mol. The highest BCUT2D eigenvalue weighted by Gasteiger charge is 2.21. The molecule has 0 N–H and O–H groups in total. The Balaban J connectivity index is 4.50. The smallest absolute Gasteiger partial charge is 0.306 e. The zero-order valence-corrected chi connectivity index (χ0v) is 41.1. The first-order valence-corrected chi connectivity index (χ1v) is 24.9. The lowest BCUT2D eigenvalue weighted by Gasteiger charge is -2.26. The SMILES string of the molecule is CC/C=C\C/C=C\C/C=C\C/C=C\C/C=C\C/C=C\CCCCC(=O)OC(COC(=O)CCCCCCCCC/C=C\C/C=C\CCCCCC)COC(OCC[N+](C)(C)C)C(=O)[O-]. The zero-order chi connectivity index (χ0) is 47.0. The van der Waals surface area contributed by atoms with E-state index in [1.165, 1.54) is 51.4 Å². The highest BCUT2D eigenvalue weighted by Crippen LogP contribution is 2.12. The van der Waals surface area contributed by atoms with E-state index in [-0.39, 0.29) is 38.6 Å². The maximum absolute atomic E-state index is 12.8. The quantitative estimate of drug-likeness (QED) is 0.0195. The molecule has 9 nitrogen and oxygen atoms in total. The summed E-state index contributed by atoms with van der Waals surface area (Å²) in [4.78, 5) is 37.1. The first-order valence-electron chi connectivity index (χ1n) is 24.9. The van der Waals surface area contributed by atoms with Crippen LogP contribution in [0.5, 0.6) is 0 Å². The fourth-order valence-electron chi connectivity index (χ4n) is 6.21. The topological polar surface area (TPSA) is 111 Å². The number of allylic oxidation sites excluding steroid dienone is 16. The number of nitrogens with zero attached hydrogens (tertiary/aromatic N) is 1. The van der Waals surface area contributed by atoms with Crippen LogP contribution in [-0.2, 0) is 33.3 Å². The average molecular weight is 894 g/mol. The maximum atomic E-state index is 12.8. The van der Waals surface area contributed by atoms with Gasteiger partial charge in [0.1, 0.15) is 13.2 Å². The third-order valence-electron chi connectivity index (χ3n) is 10.1. The Morgan fingerprint density at radius 1 is 0.484 bits per heavy atom. The van der Waals surface area contributed by atoms with Gasteiger partial charge < -0.3 is 33.3 Å². The molecule has 0 aromatic carbocycles. The van der Waals surface area contributed by atoms with E-state index in [1.54, 1.807) is 0 Å². The molecular weight excluding hydrogens is 803 g/mol. The molecule has 0 saturated carbocycles. The van der Waals surface area contributed by atoms with Crippen molar-refractivity contribution in [2.24, 2.45) is 0 Å². The Kier molecular flexibility index (Phi) is 43.1. The monoisotopic (exact) mass is 894 g/mol. The number of hydrogen-bond acceptors (Lipinski definition) is 8. The summed E-state index contributed by atoms with van der Waals surface area (Å²) in [6.07, 6.45) is 57.2. The van der Waals surface area contributed by atoms with Crippen molar-refractivity contribution in [1.82, 2.24) is 0 Å². The summed E-state index contributed by atoms with van der Waals surface area (Å²) in [6.45, 7) is 4.53. The summed E-state index contributed by atoms with van der Waals surface area (Å²) in [6, 6.07) is 0. The fourth-order valence-corrected chi connectivity index (χ4v) is 6.21. The van der Waals surface area contributed by atoms with Gasteiger partial charge in [0.05, 0.1) is 40.3 Å². The first-order chi connectivity index (χ1) is 31.1. The lowest BCUT2D eigenvalue weighted by molar-refractivity contribution is -0.870. The number of aliphatic carboxylic acids is 1. The molecule has 0 fully saturated rings. The molecule has 0 bridgehead atoms. The molecule has 0 radical (unpaired) electrons. The van der Waals surface area contributed by atoms with E-state index in [0.29, 0.717) is 17.4 Å². The molecule has 9 heteroatoms. The first kappa shape index (κ1) is 60.2. The van der Waals surface area contributed by atoms with Gasteiger partial charge in [0.25, 0.3) is 0 Å². The van der Waals surface area contributed by atoms with Crippen LogP contribution in [0.3, 0.4) is 0 Å². The molecule has 0 aromatic rings. The van der Waals surface area contributed by atoms with E-state index < -0.39 is 24.3 Å². The molecule has 364 valence electrons. The van der Waals surface area contributed by atoms with E-state index in [0.717, 1.165) is 89.9 Å². The summed E-state index contributed by atoms with van der Waals surface area (Å²) in [7, 11) is 5.89. The molecule has 0 heterocycles. The van der Waals surface area contributed by atoms with Crippen molar-refractivity contribution >= 4 is 17.9 Å². The number of unbranched alkanes of at least 4 members (excludes halogenated alkanes) is 13. The van der Waals surface area contributed by atoms with Gasteiger partial charge in [-0.05, 0) is 96.3 Å². The van der Waals surface area contributed by atoms with Gasteiger partial charge in [-0.25, -0.2) is 0 Å². The van der Waals surface area contributed by atoms with Crippen molar-refractivity contribution in [2.75, 3.05) is 47.5 Å². The number of quaternary nitrogens is 1. The Morgan fingerprint density at radius 3 is 1.36 bits per heavy atom. The van der Waals surface area contributed by atoms with Crippen molar-refractivity contribution < 1.29 is 42.9 Å². The standard InChI is InChI=1S/C55H91NO8/c1-6-8-10-12-14-16-18-20-22-24-26-27-28-30-32-34-36-38-40-42-44-46-53(58)64-51(50-63-55(54(59)60)61-48-47-56(3,4)5)49-62-52(57)45-43-41-39-37-35-33-31-29-25-23-21-19-17-15-13-11-9-7-2/h8,10,14,16-17,19-20,22-23,25-27,30,32,36,38,51,55H,6-7,9,11-13,15,18,21,24,28-29,31,33-35,37,39-50H2,1-5H3/b10-8-,16-14-,19-17-,22-20-,25-23-,27-26-,32-30-,38-36-.